The average molecular weight is 263 g/mol. The summed E-state index contributed by atoms with van der Waals surface area (Å²) in [4.78, 5) is 16.4. The molecule has 0 unspecified atom stereocenters. The molecule has 0 bridgehead atoms. The van der Waals surface area contributed by atoms with Crippen molar-refractivity contribution in [2.24, 2.45) is 12.8 Å². The molecule has 0 atom stereocenters. The molecule has 2 N–H and O–H groups in total. The minimum Gasteiger partial charge on any atom is -0.389 e. The van der Waals surface area contributed by atoms with Crippen molar-refractivity contribution in [2.75, 3.05) is 0 Å². The summed E-state index contributed by atoms with van der Waals surface area (Å²) in [6.45, 7) is 2.19. The number of pyridine rings is 1. The van der Waals surface area contributed by atoms with E-state index >= 15 is 0 Å². The molecule has 0 aliphatic heterocycles. The van der Waals surface area contributed by atoms with E-state index in [4.69, 9.17) is 18.0 Å². The zero-order chi connectivity index (χ0) is 13.3. The fourth-order valence-corrected chi connectivity index (χ4v) is 1.81. The largest absolute Gasteiger partial charge is 0.389 e. The number of nitrogens with zero attached hydrogens (tertiary/aromatic N) is 4. The molecule has 0 aromatic carbocycles. The van der Waals surface area contributed by atoms with Crippen LogP contribution in [0.1, 0.15) is 17.1 Å². The zero-order valence-electron chi connectivity index (χ0n) is 10.1. The van der Waals surface area contributed by atoms with E-state index in [0.717, 1.165) is 5.69 Å². The first kappa shape index (κ1) is 12.4. The highest BCUT2D eigenvalue weighted by Gasteiger charge is 2.10. The Morgan fingerprint density at radius 1 is 1.50 bits per heavy atom. The summed E-state index contributed by atoms with van der Waals surface area (Å²) in [6, 6.07) is 3.46. The van der Waals surface area contributed by atoms with Gasteiger partial charge in [0.05, 0.1) is 12.1 Å². The van der Waals surface area contributed by atoms with Crippen molar-refractivity contribution < 1.29 is 0 Å². The van der Waals surface area contributed by atoms with E-state index in [2.05, 4.69) is 10.1 Å². The molecule has 2 aromatic rings. The standard InChI is InChI=1S/C11H13N5OS/c1-7-3-4-8(10(12)18)11(17)16(7)5-9-13-6-14-15(9)2/h3-4,6H,5H2,1-2H3,(H2,12,18). The van der Waals surface area contributed by atoms with Gasteiger partial charge in [-0.1, -0.05) is 12.2 Å². The SMILES string of the molecule is Cc1ccc(C(N)=S)c(=O)n1Cc1ncnn1C. The fourth-order valence-electron chi connectivity index (χ4n) is 1.66. The van der Waals surface area contributed by atoms with Crippen molar-refractivity contribution >= 4 is 17.2 Å². The van der Waals surface area contributed by atoms with Crippen LogP contribution in [-0.4, -0.2) is 24.3 Å². The fraction of sp³-hybridized carbons (Fsp3) is 0.273. The average Bonchev–Trinajstić information content (AvgIpc) is 2.69. The summed E-state index contributed by atoms with van der Waals surface area (Å²) in [6.07, 6.45) is 1.45. The molecular formula is C11H13N5OS. The molecule has 0 saturated heterocycles. The number of nitrogens with two attached hydrogens (primary N) is 1. The highest BCUT2D eigenvalue weighted by Crippen LogP contribution is 2.02. The molecule has 0 aliphatic rings. The second-order valence-corrected chi connectivity index (χ2v) is 4.38. The molecule has 0 spiro atoms. The van der Waals surface area contributed by atoms with E-state index in [0.29, 0.717) is 17.9 Å². The number of aromatic nitrogens is 4. The minimum atomic E-state index is -0.203. The Kier molecular flexibility index (Phi) is 3.24. The van der Waals surface area contributed by atoms with Crippen molar-refractivity contribution in [3.05, 3.63) is 45.9 Å². The molecule has 2 heterocycles. The number of rotatable bonds is 3. The van der Waals surface area contributed by atoms with Crippen molar-refractivity contribution in [1.82, 2.24) is 19.3 Å². The molecule has 7 heteroatoms. The predicted molar refractivity (Wildman–Crippen MR) is 71.4 cm³/mol. The van der Waals surface area contributed by atoms with E-state index in [1.165, 1.54) is 6.33 Å². The number of hydrogen-bond acceptors (Lipinski definition) is 4. The predicted octanol–water partition coefficient (Wildman–Crippen LogP) is -0.0323. The molecule has 2 aromatic heterocycles. The van der Waals surface area contributed by atoms with E-state index in [1.54, 1.807) is 22.4 Å². The van der Waals surface area contributed by atoms with Crippen LogP contribution in [0.4, 0.5) is 0 Å². The Balaban J connectivity index is 2.51. The lowest BCUT2D eigenvalue weighted by Crippen LogP contribution is -2.31. The summed E-state index contributed by atoms with van der Waals surface area (Å²) < 4.78 is 3.21. The molecule has 2 rings (SSSR count). The quantitative estimate of drug-likeness (QED) is 0.787. The lowest BCUT2D eigenvalue weighted by Gasteiger charge is -2.10. The summed E-state index contributed by atoms with van der Waals surface area (Å²) in [5.74, 6) is 0.695. The molecule has 18 heavy (non-hydrogen) atoms. The minimum absolute atomic E-state index is 0.103. The van der Waals surface area contributed by atoms with Gasteiger partial charge in [-0.05, 0) is 19.1 Å². The molecule has 6 nitrogen and oxygen atoms in total. The first-order valence-corrected chi connectivity index (χ1v) is 5.74. The van der Waals surface area contributed by atoms with Crippen LogP contribution < -0.4 is 11.3 Å². The van der Waals surface area contributed by atoms with Gasteiger partial charge in [-0.15, -0.1) is 0 Å². The summed E-state index contributed by atoms with van der Waals surface area (Å²) in [7, 11) is 1.78. The van der Waals surface area contributed by atoms with Gasteiger partial charge in [0.2, 0.25) is 0 Å². The van der Waals surface area contributed by atoms with Crippen LogP contribution in [0.2, 0.25) is 0 Å². The summed E-state index contributed by atoms with van der Waals surface area (Å²) in [5, 5.41) is 3.97. The van der Waals surface area contributed by atoms with Gasteiger partial charge in [0.15, 0.2) is 0 Å². The van der Waals surface area contributed by atoms with E-state index in [1.807, 2.05) is 13.0 Å². The Morgan fingerprint density at radius 3 is 2.78 bits per heavy atom. The van der Waals surface area contributed by atoms with Crippen molar-refractivity contribution in [2.45, 2.75) is 13.5 Å². The zero-order valence-corrected chi connectivity index (χ0v) is 10.9. The highest BCUT2D eigenvalue weighted by molar-refractivity contribution is 7.80. The first-order valence-electron chi connectivity index (χ1n) is 5.34. The topological polar surface area (TPSA) is 78.7 Å². The van der Waals surface area contributed by atoms with E-state index in [-0.39, 0.29) is 10.5 Å². The van der Waals surface area contributed by atoms with Gasteiger partial charge in [-0.25, -0.2) is 4.98 Å². The molecule has 0 fully saturated rings. The molecule has 0 amide bonds. The van der Waals surface area contributed by atoms with Gasteiger partial charge >= 0.3 is 0 Å². The Labute approximate surface area is 109 Å². The van der Waals surface area contributed by atoms with Gasteiger partial charge in [-0.2, -0.15) is 5.10 Å². The Bertz CT molecular complexity index is 658. The third-order valence-corrected chi connectivity index (χ3v) is 2.98. The van der Waals surface area contributed by atoms with Crippen molar-refractivity contribution in [3.8, 4) is 0 Å². The van der Waals surface area contributed by atoms with Gasteiger partial charge < -0.3 is 10.3 Å². The Morgan fingerprint density at radius 2 is 2.22 bits per heavy atom. The van der Waals surface area contributed by atoms with Crippen LogP contribution >= 0.6 is 12.2 Å². The monoisotopic (exact) mass is 263 g/mol. The number of thiocarbonyl (C=S) groups is 1. The lowest BCUT2D eigenvalue weighted by molar-refractivity contribution is 0.629. The van der Waals surface area contributed by atoms with Crippen LogP contribution in [0.5, 0.6) is 0 Å². The summed E-state index contributed by atoms with van der Waals surface area (Å²) in [5.41, 5.74) is 6.49. The van der Waals surface area contributed by atoms with Gasteiger partial charge in [0, 0.05) is 12.7 Å². The van der Waals surface area contributed by atoms with Crippen LogP contribution in [0.25, 0.3) is 0 Å². The van der Waals surface area contributed by atoms with Crippen LogP contribution in [0.15, 0.2) is 23.3 Å². The van der Waals surface area contributed by atoms with Gasteiger partial charge in [-0.3, -0.25) is 9.48 Å². The maximum atomic E-state index is 12.2. The lowest BCUT2D eigenvalue weighted by atomic mass is 10.2. The van der Waals surface area contributed by atoms with Gasteiger partial charge in [0.1, 0.15) is 17.1 Å². The maximum absolute atomic E-state index is 12.2. The number of aryl methyl sites for hydroxylation is 2. The van der Waals surface area contributed by atoms with Crippen LogP contribution in [-0.2, 0) is 13.6 Å². The normalized spacial score (nSPS) is 10.6. The Hall–Kier alpha value is -2.02. The van der Waals surface area contributed by atoms with Crippen LogP contribution in [0, 0.1) is 6.92 Å². The van der Waals surface area contributed by atoms with Gasteiger partial charge in [0.25, 0.3) is 5.56 Å². The molecule has 0 saturated carbocycles. The van der Waals surface area contributed by atoms with Crippen LogP contribution in [0.3, 0.4) is 0 Å². The third-order valence-electron chi connectivity index (χ3n) is 2.76. The summed E-state index contributed by atoms with van der Waals surface area (Å²) >= 11 is 4.86. The van der Waals surface area contributed by atoms with E-state index < -0.39 is 0 Å². The first-order chi connectivity index (χ1) is 8.50. The van der Waals surface area contributed by atoms with Crippen molar-refractivity contribution in [3.63, 3.8) is 0 Å². The van der Waals surface area contributed by atoms with E-state index in [9.17, 15) is 4.79 Å². The second kappa shape index (κ2) is 4.69. The maximum Gasteiger partial charge on any atom is 0.261 e. The molecule has 94 valence electrons. The highest BCUT2D eigenvalue weighted by atomic mass is 32.1. The van der Waals surface area contributed by atoms with Crippen molar-refractivity contribution in [1.29, 1.82) is 0 Å². The second-order valence-electron chi connectivity index (χ2n) is 3.94. The smallest absolute Gasteiger partial charge is 0.261 e. The molecule has 0 radical (unpaired) electrons. The number of hydrogen-bond donors (Lipinski definition) is 1. The third kappa shape index (κ3) is 2.17. The molecule has 0 aliphatic carbocycles. The molecular weight excluding hydrogens is 250 g/mol.